The maximum absolute atomic E-state index is 12.7. The van der Waals surface area contributed by atoms with Crippen LogP contribution in [-0.4, -0.2) is 53.5 Å². The molecule has 0 aliphatic carbocycles. The first-order valence-corrected chi connectivity index (χ1v) is 10.3. The van der Waals surface area contributed by atoms with Crippen molar-refractivity contribution < 1.29 is 24.2 Å². The van der Waals surface area contributed by atoms with Crippen LogP contribution in [-0.2, 0) is 27.4 Å². The Morgan fingerprint density at radius 2 is 2.03 bits per heavy atom. The van der Waals surface area contributed by atoms with E-state index in [1.165, 1.54) is 4.90 Å². The van der Waals surface area contributed by atoms with Crippen molar-refractivity contribution in [2.24, 2.45) is 0 Å². The van der Waals surface area contributed by atoms with Crippen molar-refractivity contribution in [2.75, 3.05) is 29.9 Å². The molecule has 8 nitrogen and oxygen atoms in total. The topological polar surface area (TPSA) is 99.2 Å². The van der Waals surface area contributed by atoms with Gasteiger partial charge in [0.05, 0.1) is 13.0 Å². The summed E-state index contributed by atoms with van der Waals surface area (Å²) in [5.41, 5.74) is 2.71. The van der Waals surface area contributed by atoms with E-state index in [2.05, 4.69) is 10.2 Å². The number of aliphatic hydroxyl groups excluding tert-OH is 1. The van der Waals surface area contributed by atoms with Crippen LogP contribution in [0.5, 0.6) is 5.75 Å². The number of anilines is 2. The molecule has 4 rings (SSSR count). The zero-order valence-electron chi connectivity index (χ0n) is 16.9. The molecule has 2 heterocycles. The van der Waals surface area contributed by atoms with Crippen molar-refractivity contribution in [1.29, 1.82) is 0 Å². The summed E-state index contributed by atoms with van der Waals surface area (Å²) in [5, 5.41) is 12.5. The molecule has 1 fully saturated rings. The van der Waals surface area contributed by atoms with Gasteiger partial charge in [-0.2, -0.15) is 0 Å². The Bertz CT molecular complexity index is 1060. The normalized spacial score (nSPS) is 17.9. The fraction of sp³-hybridized carbons (Fsp3) is 0.318. The predicted molar refractivity (Wildman–Crippen MR) is 115 cm³/mol. The maximum Gasteiger partial charge on any atom is 0.315 e. The van der Waals surface area contributed by atoms with Crippen molar-refractivity contribution in [3.05, 3.63) is 52.5 Å². The van der Waals surface area contributed by atoms with Gasteiger partial charge in [0.25, 0.3) is 0 Å². The van der Waals surface area contributed by atoms with E-state index in [-0.39, 0.29) is 25.0 Å². The number of aliphatic hydroxyl groups is 1. The number of amides is 2. The number of esters is 1. The van der Waals surface area contributed by atoms with Crippen molar-refractivity contribution in [2.45, 2.75) is 26.0 Å². The lowest BCUT2D eigenvalue weighted by molar-refractivity contribution is -0.143. The monoisotopic (exact) mass is 443 g/mol. The van der Waals surface area contributed by atoms with Crippen molar-refractivity contribution in [3.8, 4) is 5.75 Å². The lowest BCUT2D eigenvalue weighted by Crippen LogP contribution is -2.55. The highest BCUT2D eigenvalue weighted by Gasteiger charge is 2.31. The van der Waals surface area contributed by atoms with Crippen LogP contribution in [0.4, 0.5) is 11.4 Å². The van der Waals surface area contributed by atoms with Gasteiger partial charge in [-0.1, -0.05) is 17.7 Å². The van der Waals surface area contributed by atoms with Gasteiger partial charge in [0.15, 0.2) is 0 Å². The van der Waals surface area contributed by atoms with Crippen LogP contribution in [0.25, 0.3) is 0 Å². The molecule has 0 spiro atoms. The minimum atomic E-state index is -0.737. The van der Waals surface area contributed by atoms with Gasteiger partial charge in [0.1, 0.15) is 5.75 Å². The van der Waals surface area contributed by atoms with Crippen LogP contribution in [0, 0.1) is 0 Å². The molecule has 2 aromatic rings. The second kappa shape index (κ2) is 8.56. The summed E-state index contributed by atoms with van der Waals surface area (Å²) < 4.78 is 5.08. The van der Waals surface area contributed by atoms with Crippen LogP contribution in [0.1, 0.15) is 18.1 Å². The molecule has 2 aliphatic rings. The molecule has 31 heavy (non-hydrogen) atoms. The standard InChI is InChI=1S/C22H22ClN3O5/c1-13-11-25(6-7-26(13)17-4-5-18(23)15(8-17)12-27)22(30)21(29)24-16-3-2-14-9-20(28)31-19(14)10-16/h2-5,8,10,13,27H,6-7,9,11-12H2,1H3,(H,24,29)/t13-/m1/s1. The van der Waals surface area contributed by atoms with Crippen LogP contribution in [0.3, 0.4) is 0 Å². The molecule has 2 aliphatic heterocycles. The molecule has 1 saturated heterocycles. The van der Waals surface area contributed by atoms with Crippen molar-refractivity contribution in [1.82, 2.24) is 4.90 Å². The zero-order chi connectivity index (χ0) is 22.1. The number of carbonyl (C=O) groups is 3. The first kappa shape index (κ1) is 21.1. The number of halogens is 1. The quantitative estimate of drug-likeness (QED) is 0.427. The Kier molecular flexibility index (Phi) is 5.84. The lowest BCUT2D eigenvalue weighted by atomic mass is 10.1. The average Bonchev–Trinajstić information content (AvgIpc) is 3.13. The minimum absolute atomic E-state index is 0.0300. The highest BCUT2D eigenvalue weighted by atomic mass is 35.5. The zero-order valence-corrected chi connectivity index (χ0v) is 17.7. The van der Waals surface area contributed by atoms with E-state index in [9.17, 15) is 19.5 Å². The minimum Gasteiger partial charge on any atom is -0.426 e. The number of hydrogen-bond acceptors (Lipinski definition) is 6. The Labute approximate surface area is 184 Å². The lowest BCUT2D eigenvalue weighted by Gasteiger charge is -2.41. The van der Waals surface area contributed by atoms with Crippen LogP contribution in [0.2, 0.25) is 5.02 Å². The molecule has 2 amide bonds. The summed E-state index contributed by atoms with van der Waals surface area (Å²) in [6, 6.07) is 10.3. The molecule has 162 valence electrons. The Balaban J connectivity index is 1.39. The van der Waals surface area contributed by atoms with E-state index < -0.39 is 11.8 Å². The van der Waals surface area contributed by atoms with Gasteiger partial charge in [0, 0.05) is 53.7 Å². The average molecular weight is 444 g/mol. The third kappa shape index (κ3) is 4.35. The molecule has 2 aromatic carbocycles. The van der Waals surface area contributed by atoms with Gasteiger partial charge in [-0.25, -0.2) is 0 Å². The molecule has 1 atom stereocenters. The second-order valence-electron chi connectivity index (χ2n) is 7.65. The summed E-state index contributed by atoms with van der Waals surface area (Å²) in [6.45, 7) is 3.13. The van der Waals surface area contributed by atoms with Gasteiger partial charge in [-0.3, -0.25) is 14.4 Å². The number of ether oxygens (including phenoxy) is 1. The first-order chi connectivity index (χ1) is 14.9. The first-order valence-electron chi connectivity index (χ1n) is 9.95. The van der Waals surface area contributed by atoms with E-state index in [1.54, 1.807) is 24.3 Å². The maximum atomic E-state index is 12.7. The largest absolute Gasteiger partial charge is 0.426 e. The van der Waals surface area contributed by atoms with E-state index in [1.807, 2.05) is 19.1 Å². The van der Waals surface area contributed by atoms with Gasteiger partial charge >= 0.3 is 17.8 Å². The Morgan fingerprint density at radius 1 is 1.23 bits per heavy atom. The molecule has 0 saturated carbocycles. The number of benzene rings is 2. The van der Waals surface area contributed by atoms with Crippen molar-refractivity contribution >= 4 is 40.8 Å². The predicted octanol–water partition coefficient (Wildman–Crippen LogP) is 1.97. The second-order valence-corrected chi connectivity index (χ2v) is 8.06. The molecule has 2 N–H and O–H groups in total. The molecular weight excluding hydrogens is 422 g/mol. The van der Waals surface area contributed by atoms with E-state index in [0.29, 0.717) is 41.7 Å². The van der Waals surface area contributed by atoms with Gasteiger partial charge in [-0.05, 0) is 36.8 Å². The fourth-order valence-corrected chi connectivity index (χ4v) is 4.08. The molecule has 0 bridgehead atoms. The number of rotatable bonds is 3. The number of nitrogens with zero attached hydrogens (tertiary/aromatic N) is 2. The summed E-state index contributed by atoms with van der Waals surface area (Å²) in [6.07, 6.45) is 0.206. The molecular formula is C22H22ClN3O5. The molecule has 0 radical (unpaired) electrons. The summed E-state index contributed by atoms with van der Waals surface area (Å²) in [4.78, 5) is 40.2. The van der Waals surface area contributed by atoms with Gasteiger partial charge in [0.2, 0.25) is 0 Å². The SMILES string of the molecule is C[C@@H]1CN(C(=O)C(=O)Nc2ccc3c(c2)OC(=O)C3)CCN1c1ccc(Cl)c(CO)c1. The van der Waals surface area contributed by atoms with Crippen LogP contribution >= 0.6 is 11.6 Å². The van der Waals surface area contributed by atoms with E-state index in [4.69, 9.17) is 16.3 Å². The number of piperazine rings is 1. The smallest absolute Gasteiger partial charge is 0.315 e. The molecule has 0 aromatic heterocycles. The van der Waals surface area contributed by atoms with Crippen molar-refractivity contribution in [3.63, 3.8) is 0 Å². The van der Waals surface area contributed by atoms with E-state index in [0.717, 1.165) is 11.3 Å². The summed E-state index contributed by atoms with van der Waals surface area (Å²) in [7, 11) is 0. The van der Waals surface area contributed by atoms with Gasteiger partial charge in [-0.15, -0.1) is 0 Å². The van der Waals surface area contributed by atoms with E-state index >= 15 is 0 Å². The molecule has 9 heteroatoms. The number of hydrogen-bond donors (Lipinski definition) is 2. The highest BCUT2D eigenvalue weighted by molar-refractivity contribution is 6.39. The fourth-order valence-electron chi connectivity index (χ4n) is 3.90. The molecule has 0 unspecified atom stereocenters. The number of nitrogens with one attached hydrogen (secondary N) is 1. The highest BCUT2D eigenvalue weighted by Crippen LogP contribution is 2.29. The van der Waals surface area contributed by atoms with Crippen LogP contribution < -0.4 is 15.0 Å². The van der Waals surface area contributed by atoms with Gasteiger partial charge < -0.3 is 25.0 Å². The Hall–Kier alpha value is -3.10. The third-order valence-electron chi connectivity index (χ3n) is 5.52. The third-order valence-corrected chi connectivity index (χ3v) is 5.89. The Morgan fingerprint density at radius 3 is 2.77 bits per heavy atom. The summed E-state index contributed by atoms with van der Waals surface area (Å²) in [5.74, 6) is -1.29. The number of fused-ring (bicyclic) bond motifs is 1. The van der Waals surface area contributed by atoms with Crippen LogP contribution in [0.15, 0.2) is 36.4 Å². The summed E-state index contributed by atoms with van der Waals surface area (Å²) >= 11 is 6.08. The number of carbonyl (C=O) groups excluding carboxylic acids is 3.